The average molecular weight is 338 g/mol. The van der Waals surface area contributed by atoms with Crippen molar-refractivity contribution in [1.29, 1.82) is 0 Å². The minimum absolute atomic E-state index is 0.512. The summed E-state index contributed by atoms with van der Waals surface area (Å²) in [6.45, 7) is 5.85. The van der Waals surface area contributed by atoms with Gasteiger partial charge in [0.2, 0.25) is 11.8 Å². The highest BCUT2D eigenvalue weighted by atomic mass is 16.4. The van der Waals surface area contributed by atoms with Gasteiger partial charge in [-0.05, 0) is 47.9 Å². The van der Waals surface area contributed by atoms with Gasteiger partial charge in [-0.25, -0.2) is 0 Å². The van der Waals surface area contributed by atoms with Crippen molar-refractivity contribution in [2.24, 2.45) is 0 Å². The van der Waals surface area contributed by atoms with E-state index in [0.717, 1.165) is 22.3 Å². The molecule has 1 heterocycles. The van der Waals surface area contributed by atoms with Gasteiger partial charge < -0.3 is 4.42 Å². The Morgan fingerprint density at radius 1 is 0.654 bits per heavy atom. The largest absolute Gasteiger partial charge is 0.416 e. The van der Waals surface area contributed by atoms with E-state index in [2.05, 4.69) is 60.1 Å². The van der Waals surface area contributed by atoms with Crippen molar-refractivity contribution < 1.29 is 4.42 Å². The highest BCUT2D eigenvalue weighted by molar-refractivity contribution is 5.68. The van der Waals surface area contributed by atoms with E-state index in [1.807, 2.05) is 36.4 Å². The second-order valence-electron chi connectivity index (χ2n) is 6.18. The Kier molecular flexibility index (Phi) is 4.20. The molecule has 0 atom stereocenters. The van der Waals surface area contributed by atoms with E-state index in [9.17, 15) is 0 Å². The lowest BCUT2D eigenvalue weighted by atomic mass is 10.0. The lowest BCUT2D eigenvalue weighted by Crippen LogP contribution is -1.81. The van der Waals surface area contributed by atoms with Crippen LogP contribution in [0.1, 0.15) is 11.1 Å². The molecular formula is C23H18N2O. The zero-order chi connectivity index (χ0) is 17.9. The third kappa shape index (κ3) is 3.20. The fraction of sp³-hybridized carbons (Fsp3) is 0.0435. The van der Waals surface area contributed by atoms with Gasteiger partial charge in [0.25, 0.3) is 0 Å². The fourth-order valence-corrected chi connectivity index (χ4v) is 2.77. The molecule has 0 aliphatic heterocycles. The first-order chi connectivity index (χ1) is 12.7. The topological polar surface area (TPSA) is 38.9 Å². The van der Waals surface area contributed by atoms with Crippen LogP contribution in [-0.4, -0.2) is 10.2 Å². The smallest absolute Gasteiger partial charge is 0.248 e. The van der Waals surface area contributed by atoms with Crippen LogP contribution in [0.25, 0.3) is 40.1 Å². The molecule has 0 saturated carbocycles. The molecule has 0 radical (unpaired) electrons. The molecule has 0 N–H and O–H groups in total. The normalized spacial score (nSPS) is 10.7. The molecule has 3 heteroatoms. The van der Waals surface area contributed by atoms with Gasteiger partial charge in [-0.15, -0.1) is 10.2 Å². The highest BCUT2D eigenvalue weighted by Gasteiger charge is 2.10. The van der Waals surface area contributed by atoms with Crippen LogP contribution in [0, 0.1) is 6.92 Å². The lowest BCUT2D eigenvalue weighted by Gasteiger charge is -2.03. The van der Waals surface area contributed by atoms with Crippen molar-refractivity contribution in [1.82, 2.24) is 10.2 Å². The van der Waals surface area contributed by atoms with Crippen LogP contribution >= 0.6 is 0 Å². The standard InChI is InChI=1S/C23H18N2O/c1-3-17-6-10-20(11-7-17)22-24-25-23(26-22)21-14-12-19(13-15-21)18-8-4-16(2)5-9-18/h3-15H,1H2,2H3. The Balaban J connectivity index is 1.59. The highest BCUT2D eigenvalue weighted by Crippen LogP contribution is 2.27. The Labute approximate surface area is 152 Å². The number of hydrogen-bond donors (Lipinski definition) is 0. The van der Waals surface area contributed by atoms with E-state index in [1.165, 1.54) is 11.1 Å². The molecule has 3 aromatic carbocycles. The maximum atomic E-state index is 5.84. The van der Waals surface area contributed by atoms with E-state index in [4.69, 9.17) is 4.42 Å². The molecule has 0 unspecified atom stereocenters. The van der Waals surface area contributed by atoms with Crippen LogP contribution < -0.4 is 0 Å². The Hall–Kier alpha value is -3.46. The summed E-state index contributed by atoms with van der Waals surface area (Å²) in [6, 6.07) is 24.5. The van der Waals surface area contributed by atoms with Gasteiger partial charge in [-0.3, -0.25) is 0 Å². The summed E-state index contributed by atoms with van der Waals surface area (Å²) in [6.07, 6.45) is 1.80. The summed E-state index contributed by atoms with van der Waals surface area (Å²) in [5.41, 5.74) is 6.46. The first kappa shape index (κ1) is 16.0. The van der Waals surface area contributed by atoms with Gasteiger partial charge in [0, 0.05) is 11.1 Å². The van der Waals surface area contributed by atoms with Crippen molar-refractivity contribution >= 4 is 6.08 Å². The number of hydrogen-bond acceptors (Lipinski definition) is 3. The number of nitrogens with zero attached hydrogens (tertiary/aromatic N) is 2. The van der Waals surface area contributed by atoms with Crippen LogP contribution in [0.15, 0.2) is 83.8 Å². The summed E-state index contributed by atoms with van der Waals surface area (Å²) >= 11 is 0. The maximum Gasteiger partial charge on any atom is 0.248 e. The maximum absolute atomic E-state index is 5.84. The average Bonchev–Trinajstić information content (AvgIpc) is 3.19. The number of rotatable bonds is 4. The third-order valence-electron chi connectivity index (χ3n) is 4.34. The molecule has 0 amide bonds. The Bertz CT molecular complexity index is 1030. The molecule has 4 rings (SSSR count). The predicted octanol–water partition coefficient (Wildman–Crippen LogP) is 6.02. The van der Waals surface area contributed by atoms with E-state index in [0.29, 0.717) is 11.8 Å². The molecule has 0 saturated heterocycles. The summed E-state index contributed by atoms with van der Waals surface area (Å²) in [5, 5.41) is 8.35. The third-order valence-corrected chi connectivity index (χ3v) is 4.34. The second kappa shape index (κ2) is 6.81. The van der Waals surface area contributed by atoms with Crippen LogP contribution in [0.4, 0.5) is 0 Å². The number of aromatic nitrogens is 2. The Morgan fingerprint density at radius 2 is 1.08 bits per heavy atom. The van der Waals surface area contributed by atoms with Crippen LogP contribution in [0.5, 0.6) is 0 Å². The van der Waals surface area contributed by atoms with Crippen molar-refractivity contribution in [3.8, 4) is 34.0 Å². The van der Waals surface area contributed by atoms with Gasteiger partial charge in [0.1, 0.15) is 0 Å². The second-order valence-corrected chi connectivity index (χ2v) is 6.18. The minimum Gasteiger partial charge on any atom is -0.416 e. The SMILES string of the molecule is C=Cc1ccc(-c2nnc(-c3ccc(-c4ccc(C)cc4)cc3)o2)cc1. The fourth-order valence-electron chi connectivity index (χ4n) is 2.77. The Morgan fingerprint density at radius 3 is 1.58 bits per heavy atom. The zero-order valence-corrected chi connectivity index (χ0v) is 14.5. The van der Waals surface area contributed by atoms with Crippen LogP contribution in [0.2, 0.25) is 0 Å². The first-order valence-electron chi connectivity index (χ1n) is 8.47. The van der Waals surface area contributed by atoms with Crippen molar-refractivity contribution in [2.45, 2.75) is 6.92 Å². The molecule has 26 heavy (non-hydrogen) atoms. The molecule has 0 aliphatic rings. The molecule has 3 nitrogen and oxygen atoms in total. The summed E-state index contributed by atoms with van der Waals surface area (Å²) in [5.74, 6) is 1.03. The van der Waals surface area contributed by atoms with Crippen molar-refractivity contribution in [2.75, 3.05) is 0 Å². The molecule has 1 aromatic heterocycles. The zero-order valence-electron chi connectivity index (χ0n) is 14.5. The number of benzene rings is 3. The van der Waals surface area contributed by atoms with Crippen molar-refractivity contribution in [3.63, 3.8) is 0 Å². The monoisotopic (exact) mass is 338 g/mol. The van der Waals surface area contributed by atoms with Gasteiger partial charge in [0.15, 0.2) is 0 Å². The quantitative estimate of drug-likeness (QED) is 0.456. The van der Waals surface area contributed by atoms with Crippen LogP contribution in [0.3, 0.4) is 0 Å². The first-order valence-corrected chi connectivity index (χ1v) is 8.47. The number of aryl methyl sites for hydroxylation is 1. The lowest BCUT2D eigenvalue weighted by molar-refractivity contribution is 0.584. The van der Waals surface area contributed by atoms with Gasteiger partial charge in [-0.1, -0.05) is 66.7 Å². The summed E-state index contributed by atoms with van der Waals surface area (Å²) in [4.78, 5) is 0. The molecular weight excluding hydrogens is 320 g/mol. The molecule has 4 aromatic rings. The van der Waals surface area contributed by atoms with E-state index < -0.39 is 0 Å². The van der Waals surface area contributed by atoms with Crippen molar-refractivity contribution in [3.05, 3.63) is 90.5 Å². The minimum atomic E-state index is 0.512. The molecule has 0 bridgehead atoms. The van der Waals surface area contributed by atoms with Gasteiger partial charge in [-0.2, -0.15) is 0 Å². The predicted molar refractivity (Wildman–Crippen MR) is 105 cm³/mol. The molecule has 0 fully saturated rings. The van der Waals surface area contributed by atoms with E-state index in [1.54, 1.807) is 6.08 Å². The van der Waals surface area contributed by atoms with Crippen LogP contribution in [-0.2, 0) is 0 Å². The molecule has 126 valence electrons. The molecule has 0 spiro atoms. The molecule has 0 aliphatic carbocycles. The van der Waals surface area contributed by atoms with Gasteiger partial charge in [0.05, 0.1) is 0 Å². The summed E-state index contributed by atoms with van der Waals surface area (Å²) < 4.78 is 5.84. The van der Waals surface area contributed by atoms with Gasteiger partial charge >= 0.3 is 0 Å². The van der Waals surface area contributed by atoms with E-state index in [-0.39, 0.29) is 0 Å². The van der Waals surface area contributed by atoms with E-state index >= 15 is 0 Å². The summed E-state index contributed by atoms with van der Waals surface area (Å²) in [7, 11) is 0.